The Morgan fingerprint density at radius 2 is 2.37 bits per heavy atom. The van der Waals surface area contributed by atoms with Crippen molar-refractivity contribution in [3.05, 3.63) is 34.3 Å². The fraction of sp³-hybridized carbons (Fsp3) is 0.308. The average Bonchev–Trinajstić information content (AvgIpc) is 2.43. The number of amidine groups is 1. The molecule has 0 radical (unpaired) electrons. The second-order valence-electron chi connectivity index (χ2n) is 3.72. The van der Waals surface area contributed by atoms with E-state index in [-0.39, 0.29) is 5.84 Å². The smallest absolute Gasteiger partial charge is 0.170 e. The SMILES string of the molecule is C#CCSCCNCc1ccc(/C(N)=N\O)cc1Cl. The molecule has 1 aromatic rings. The van der Waals surface area contributed by atoms with Crippen molar-refractivity contribution in [2.24, 2.45) is 10.9 Å². The minimum Gasteiger partial charge on any atom is -0.409 e. The van der Waals surface area contributed by atoms with Crippen LogP contribution in [0.15, 0.2) is 23.4 Å². The maximum absolute atomic E-state index is 8.58. The van der Waals surface area contributed by atoms with E-state index < -0.39 is 0 Å². The number of halogens is 1. The van der Waals surface area contributed by atoms with E-state index in [4.69, 9.17) is 29.0 Å². The predicted molar refractivity (Wildman–Crippen MR) is 81.8 cm³/mol. The van der Waals surface area contributed by atoms with Crippen LogP contribution in [0.2, 0.25) is 5.02 Å². The second-order valence-corrected chi connectivity index (χ2v) is 5.24. The van der Waals surface area contributed by atoms with Crippen LogP contribution in [0.1, 0.15) is 11.1 Å². The van der Waals surface area contributed by atoms with E-state index in [0.29, 0.717) is 17.1 Å². The third-order valence-electron chi connectivity index (χ3n) is 2.38. The molecular weight excluding hydrogens is 282 g/mol. The minimum absolute atomic E-state index is 0.0482. The summed E-state index contributed by atoms with van der Waals surface area (Å²) in [6.07, 6.45) is 5.16. The standard InChI is InChI=1S/C13H16ClN3OS/c1-2-6-19-7-5-16-9-11-4-3-10(8-12(11)14)13(15)17-18/h1,3-4,8,16,18H,5-7,9H2,(H2,15,17). The lowest BCUT2D eigenvalue weighted by molar-refractivity contribution is 0.318. The largest absolute Gasteiger partial charge is 0.409 e. The Labute approximate surface area is 122 Å². The first kappa shape index (κ1) is 15.7. The van der Waals surface area contributed by atoms with Crippen LogP contribution in [0.3, 0.4) is 0 Å². The summed E-state index contributed by atoms with van der Waals surface area (Å²) in [5.41, 5.74) is 7.06. The first-order valence-corrected chi connectivity index (χ1v) is 7.20. The molecule has 0 unspecified atom stereocenters. The first-order chi connectivity index (χ1) is 9.19. The van der Waals surface area contributed by atoms with Crippen LogP contribution in [0.25, 0.3) is 0 Å². The highest BCUT2D eigenvalue weighted by molar-refractivity contribution is 7.99. The molecule has 0 fully saturated rings. The Hall–Kier alpha value is -1.35. The van der Waals surface area contributed by atoms with Crippen molar-refractivity contribution in [1.82, 2.24) is 5.32 Å². The van der Waals surface area contributed by atoms with E-state index in [1.54, 1.807) is 23.9 Å². The molecule has 0 heterocycles. The number of hydrogen-bond acceptors (Lipinski definition) is 4. The quantitative estimate of drug-likeness (QED) is 0.179. The van der Waals surface area contributed by atoms with E-state index in [2.05, 4.69) is 16.4 Å². The van der Waals surface area contributed by atoms with Crippen LogP contribution in [0.5, 0.6) is 0 Å². The molecule has 19 heavy (non-hydrogen) atoms. The molecule has 0 saturated heterocycles. The zero-order chi connectivity index (χ0) is 14.1. The molecule has 0 aliphatic rings. The van der Waals surface area contributed by atoms with Gasteiger partial charge in [-0.15, -0.1) is 18.2 Å². The number of nitrogens with two attached hydrogens (primary N) is 1. The third kappa shape index (κ3) is 5.43. The van der Waals surface area contributed by atoms with E-state index >= 15 is 0 Å². The lowest BCUT2D eigenvalue weighted by atomic mass is 10.1. The summed E-state index contributed by atoms with van der Waals surface area (Å²) in [6.45, 7) is 1.54. The third-order valence-corrected chi connectivity index (χ3v) is 3.60. The van der Waals surface area contributed by atoms with Gasteiger partial charge in [-0.05, 0) is 11.6 Å². The molecule has 4 nitrogen and oxygen atoms in total. The molecular formula is C13H16ClN3OS. The topological polar surface area (TPSA) is 70.6 Å². The van der Waals surface area contributed by atoms with Gasteiger partial charge < -0.3 is 16.3 Å². The zero-order valence-electron chi connectivity index (χ0n) is 10.4. The molecule has 0 amide bonds. The van der Waals surface area contributed by atoms with Crippen molar-refractivity contribution in [1.29, 1.82) is 0 Å². The summed E-state index contributed by atoms with van der Waals surface area (Å²) < 4.78 is 0. The van der Waals surface area contributed by atoms with Gasteiger partial charge in [-0.2, -0.15) is 0 Å². The van der Waals surface area contributed by atoms with E-state index in [1.807, 2.05) is 6.07 Å². The Kier molecular flexibility index (Phi) is 7.19. The van der Waals surface area contributed by atoms with Crippen LogP contribution < -0.4 is 11.1 Å². The lowest BCUT2D eigenvalue weighted by Crippen LogP contribution is -2.17. The van der Waals surface area contributed by atoms with Crippen molar-refractivity contribution < 1.29 is 5.21 Å². The zero-order valence-corrected chi connectivity index (χ0v) is 12.0. The van der Waals surface area contributed by atoms with E-state index in [9.17, 15) is 0 Å². The fourth-order valence-electron chi connectivity index (χ4n) is 1.41. The number of oxime groups is 1. The van der Waals surface area contributed by atoms with Gasteiger partial charge >= 0.3 is 0 Å². The van der Waals surface area contributed by atoms with E-state index in [1.165, 1.54) is 0 Å². The van der Waals surface area contributed by atoms with Gasteiger partial charge in [-0.3, -0.25) is 0 Å². The van der Waals surface area contributed by atoms with Crippen LogP contribution >= 0.6 is 23.4 Å². The Bertz CT molecular complexity index is 485. The van der Waals surface area contributed by atoms with Crippen LogP contribution in [0.4, 0.5) is 0 Å². The van der Waals surface area contributed by atoms with Gasteiger partial charge in [0.1, 0.15) is 0 Å². The summed E-state index contributed by atoms with van der Waals surface area (Å²) >= 11 is 7.84. The highest BCUT2D eigenvalue weighted by Crippen LogP contribution is 2.17. The summed E-state index contributed by atoms with van der Waals surface area (Å²) in [4.78, 5) is 0. The van der Waals surface area contributed by atoms with Crippen molar-refractivity contribution in [2.45, 2.75) is 6.54 Å². The molecule has 0 atom stereocenters. The fourth-order valence-corrected chi connectivity index (χ4v) is 2.20. The second kappa shape index (κ2) is 8.70. The number of thioether (sulfide) groups is 1. The summed E-state index contributed by atoms with van der Waals surface area (Å²) in [7, 11) is 0. The van der Waals surface area contributed by atoms with Gasteiger partial charge in [0.25, 0.3) is 0 Å². The molecule has 1 rings (SSSR count). The van der Waals surface area contributed by atoms with Gasteiger partial charge in [0.05, 0.1) is 5.75 Å². The number of nitrogens with one attached hydrogen (secondary N) is 1. The molecule has 0 aliphatic carbocycles. The number of benzene rings is 1. The number of nitrogens with zero attached hydrogens (tertiary/aromatic N) is 1. The Morgan fingerprint density at radius 3 is 3.00 bits per heavy atom. The molecule has 0 bridgehead atoms. The van der Waals surface area contributed by atoms with Gasteiger partial charge in [-0.1, -0.05) is 34.8 Å². The summed E-state index contributed by atoms with van der Waals surface area (Å²) in [6, 6.07) is 5.31. The molecule has 4 N–H and O–H groups in total. The molecule has 0 saturated carbocycles. The monoisotopic (exact) mass is 297 g/mol. The van der Waals surface area contributed by atoms with Crippen molar-refractivity contribution in [3.8, 4) is 12.3 Å². The number of terminal acetylenes is 1. The van der Waals surface area contributed by atoms with Gasteiger partial charge in [-0.25, -0.2) is 0 Å². The molecule has 0 spiro atoms. The van der Waals surface area contributed by atoms with Gasteiger partial charge in [0.15, 0.2) is 5.84 Å². The maximum Gasteiger partial charge on any atom is 0.170 e. The predicted octanol–water partition coefficient (Wildman–Crippen LogP) is 1.89. The Morgan fingerprint density at radius 1 is 1.58 bits per heavy atom. The Balaban J connectivity index is 2.45. The van der Waals surface area contributed by atoms with Crippen LogP contribution in [0, 0.1) is 12.3 Å². The normalized spacial score (nSPS) is 11.3. The molecule has 102 valence electrons. The lowest BCUT2D eigenvalue weighted by Gasteiger charge is -2.08. The highest BCUT2D eigenvalue weighted by Gasteiger charge is 2.04. The van der Waals surface area contributed by atoms with Gasteiger partial charge in [0.2, 0.25) is 0 Å². The number of hydrogen-bond donors (Lipinski definition) is 3. The maximum atomic E-state index is 8.58. The summed E-state index contributed by atoms with van der Waals surface area (Å²) in [5, 5.41) is 15.4. The van der Waals surface area contributed by atoms with Crippen molar-refractivity contribution in [3.63, 3.8) is 0 Å². The first-order valence-electron chi connectivity index (χ1n) is 5.67. The average molecular weight is 298 g/mol. The van der Waals surface area contributed by atoms with Crippen molar-refractivity contribution >= 4 is 29.2 Å². The summed E-state index contributed by atoms with van der Waals surface area (Å²) in [5.74, 6) is 4.32. The van der Waals surface area contributed by atoms with Gasteiger partial charge in [0, 0.05) is 29.4 Å². The number of rotatable bonds is 7. The van der Waals surface area contributed by atoms with Crippen molar-refractivity contribution in [2.75, 3.05) is 18.1 Å². The molecule has 6 heteroatoms. The van der Waals surface area contributed by atoms with E-state index in [0.717, 1.165) is 23.6 Å². The minimum atomic E-state index is 0.0482. The van der Waals surface area contributed by atoms with Crippen LogP contribution in [-0.4, -0.2) is 29.1 Å². The molecule has 1 aromatic carbocycles. The molecule has 0 aliphatic heterocycles. The van der Waals surface area contributed by atoms with Crippen LogP contribution in [-0.2, 0) is 6.54 Å². The highest BCUT2D eigenvalue weighted by atomic mass is 35.5. The molecule has 0 aromatic heterocycles.